The summed E-state index contributed by atoms with van der Waals surface area (Å²) < 4.78 is 2.25. The SMILES string of the molecule is CCCCCCN1C(=O)/C(=C\c2c(C)c(C#N)c(=O)n(CC)c2N2CCN(c3ccccc3)CC2)SC1=S. The third-order valence-electron chi connectivity index (χ3n) is 7.25. The molecule has 0 bridgehead atoms. The van der Waals surface area contributed by atoms with Crippen molar-refractivity contribution in [3.8, 4) is 6.07 Å². The van der Waals surface area contributed by atoms with Crippen LogP contribution < -0.4 is 15.4 Å². The number of thiocarbonyl (C=S) groups is 1. The maximum atomic E-state index is 13.4. The van der Waals surface area contributed by atoms with Crippen LogP contribution in [0.3, 0.4) is 0 Å². The van der Waals surface area contributed by atoms with Gasteiger partial charge in [-0.25, -0.2) is 0 Å². The molecule has 2 aliphatic heterocycles. The minimum Gasteiger partial charge on any atom is -0.368 e. The standard InChI is InChI=1S/C29H35N5O2S2/c1-4-6-7-11-14-34-28(36)25(38-29(34)37)19-23-21(3)24(20-30)27(35)33(5-2)26(23)32-17-15-31(16-18-32)22-12-9-8-10-13-22/h8-10,12-13,19H,4-7,11,14-18H2,1-3H3/b25-19+. The second-order valence-electron chi connectivity index (χ2n) is 9.60. The predicted molar refractivity (Wildman–Crippen MR) is 161 cm³/mol. The molecule has 0 aliphatic carbocycles. The average molecular weight is 550 g/mol. The molecule has 4 rings (SSSR count). The van der Waals surface area contributed by atoms with E-state index in [1.165, 1.54) is 17.4 Å². The Morgan fingerprint density at radius 3 is 2.34 bits per heavy atom. The number of rotatable bonds is 9. The predicted octanol–water partition coefficient (Wildman–Crippen LogP) is 5.16. The van der Waals surface area contributed by atoms with E-state index in [0.717, 1.165) is 63.2 Å². The van der Waals surface area contributed by atoms with Crippen molar-refractivity contribution in [1.29, 1.82) is 5.26 Å². The topological polar surface area (TPSA) is 72.6 Å². The van der Waals surface area contributed by atoms with E-state index in [-0.39, 0.29) is 17.0 Å². The van der Waals surface area contributed by atoms with Crippen LogP contribution in [0, 0.1) is 18.3 Å². The number of pyridine rings is 1. The molecule has 2 fully saturated rings. The Balaban J connectivity index is 1.69. The number of unbranched alkanes of at least 4 members (excludes halogenated alkanes) is 3. The second-order valence-corrected chi connectivity index (χ2v) is 11.3. The summed E-state index contributed by atoms with van der Waals surface area (Å²) >= 11 is 6.87. The number of nitriles is 1. The molecule has 0 atom stereocenters. The molecule has 1 aromatic heterocycles. The van der Waals surface area contributed by atoms with E-state index in [2.05, 4.69) is 34.9 Å². The molecular weight excluding hydrogens is 514 g/mol. The number of benzene rings is 1. The summed E-state index contributed by atoms with van der Waals surface area (Å²) in [5.74, 6) is 0.679. The Morgan fingerprint density at radius 2 is 1.71 bits per heavy atom. The lowest BCUT2D eigenvalue weighted by Crippen LogP contribution is -2.48. The van der Waals surface area contributed by atoms with E-state index in [9.17, 15) is 14.9 Å². The van der Waals surface area contributed by atoms with E-state index in [1.54, 1.807) is 16.4 Å². The van der Waals surface area contributed by atoms with Gasteiger partial charge in [0.2, 0.25) is 0 Å². The van der Waals surface area contributed by atoms with Gasteiger partial charge in [-0.15, -0.1) is 0 Å². The molecule has 200 valence electrons. The van der Waals surface area contributed by atoms with Crippen molar-refractivity contribution in [3.05, 3.63) is 62.3 Å². The number of thioether (sulfide) groups is 1. The number of anilines is 2. The van der Waals surface area contributed by atoms with E-state index in [0.29, 0.717) is 27.9 Å². The monoisotopic (exact) mass is 549 g/mol. The van der Waals surface area contributed by atoms with Crippen LogP contribution >= 0.6 is 24.0 Å². The van der Waals surface area contributed by atoms with Crippen LogP contribution in [0.4, 0.5) is 11.5 Å². The number of nitrogens with zero attached hydrogens (tertiary/aromatic N) is 5. The highest BCUT2D eigenvalue weighted by atomic mass is 32.2. The lowest BCUT2D eigenvalue weighted by atomic mass is 10.0. The minimum atomic E-state index is -0.284. The summed E-state index contributed by atoms with van der Waals surface area (Å²) in [5.41, 5.74) is 2.38. The summed E-state index contributed by atoms with van der Waals surface area (Å²) in [4.78, 5) is 33.5. The van der Waals surface area contributed by atoms with Crippen LogP contribution in [0.25, 0.3) is 6.08 Å². The molecule has 38 heavy (non-hydrogen) atoms. The van der Waals surface area contributed by atoms with Crippen LogP contribution in [0.1, 0.15) is 56.2 Å². The Morgan fingerprint density at radius 1 is 1.03 bits per heavy atom. The van der Waals surface area contributed by atoms with Crippen molar-refractivity contribution >= 4 is 51.8 Å². The molecule has 0 N–H and O–H groups in total. The van der Waals surface area contributed by atoms with Gasteiger partial charge in [0.25, 0.3) is 11.5 Å². The molecule has 1 aromatic carbocycles. The van der Waals surface area contributed by atoms with E-state index >= 15 is 0 Å². The van der Waals surface area contributed by atoms with Crippen LogP contribution in [0.5, 0.6) is 0 Å². The zero-order valence-corrected chi connectivity index (χ0v) is 24.0. The van der Waals surface area contributed by atoms with E-state index < -0.39 is 0 Å². The molecule has 2 saturated heterocycles. The smallest absolute Gasteiger partial charge is 0.270 e. The summed E-state index contributed by atoms with van der Waals surface area (Å²) in [7, 11) is 0. The zero-order valence-electron chi connectivity index (χ0n) is 22.4. The first-order valence-electron chi connectivity index (χ1n) is 13.4. The van der Waals surface area contributed by atoms with E-state index in [4.69, 9.17) is 12.2 Å². The number of piperazine rings is 1. The van der Waals surface area contributed by atoms with Gasteiger partial charge in [0.1, 0.15) is 21.8 Å². The molecular formula is C29H35N5O2S2. The van der Waals surface area contributed by atoms with Gasteiger partial charge < -0.3 is 9.80 Å². The Bertz CT molecular complexity index is 1320. The first-order valence-corrected chi connectivity index (χ1v) is 14.6. The van der Waals surface area contributed by atoms with Gasteiger partial charge in [0, 0.05) is 50.5 Å². The minimum absolute atomic E-state index is 0.0940. The quantitative estimate of drug-likeness (QED) is 0.243. The fraction of sp³-hybridized carbons (Fsp3) is 0.448. The van der Waals surface area contributed by atoms with E-state index in [1.807, 2.05) is 31.2 Å². The van der Waals surface area contributed by atoms with Crippen LogP contribution in [-0.4, -0.2) is 52.4 Å². The molecule has 3 heterocycles. The van der Waals surface area contributed by atoms with Gasteiger partial charge in [-0.3, -0.25) is 19.1 Å². The molecule has 0 saturated carbocycles. The number of amides is 1. The van der Waals surface area contributed by atoms with Crippen molar-refractivity contribution < 1.29 is 4.79 Å². The highest BCUT2D eigenvalue weighted by Crippen LogP contribution is 2.36. The fourth-order valence-corrected chi connectivity index (χ4v) is 6.40. The highest BCUT2D eigenvalue weighted by Gasteiger charge is 2.33. The molecule has 1 amide bonds. The third kappa shape index (κ3) is 5.67. The Kier molecular flexibility index (Phi) is 9.29. The van der Waals surface area contributed by atoms with Gasteiger partial charge in [-0.2, -0.15) is 5.26 Å². The first-order chi connectivity index (χ1) is 18.4. The third-order valence-corrected chi connectivity index (χ3v) is 8.63. The lowest BCUT2D eigenvalue weighted by Gasteiger charge is -2.39. The van der Waals surface area contributed by atoms with Crippen molar-refractivity contribution in [1.82, 2.24) is 9.47 Å². The maximum absolute atomic E-state index is 13.4. The molecule has 7 nitrogen and oxygen atoms in total. The van der Waals surface area contributed by atoms with Crippen LogP contribution in [-0.2, 0) is 11.3 Å². The van der Waals surface area contributed by atoms with Gasteiger partial charge in [-0.05, 0) is 44.0 Å². The van der Waals surface area contributed by atoms with Gasteiger partial charge >= 0.3 is 0 Å². The molecule has 2 aromatic rings. The molecule has 9 heteroatoms. The van der Waals surface area contributed by atoms with Crippen molar-refractivity contribution in [3.63, 3.8) is 0 Å². The van der Waals surface area contributed by atoms with Crippen molar-refractivity contribution in [2.45, 2.75) is 53.0 Å². The van der Waals surface area contributed by atoms with Crippen LogP contribution in [0.15, 0.2) is 40.0 Å². The second kappa shape index (κ2) is 12.6. The average Bonchev–Trinajstić information content (AvgIpc) is 3.20. The highest BCUT2D eigenvalue weighted by molar-refractivity contribution is 8.26. The Hall–Kier alpha value is -3.09. The summed E-state index contributed by atoms with van der Waals surface area (Å²) in [6, 6.07) is 12.4. The molecule has 2 aliphatic rings. The largest absolute Gasteiger partial charge is 0.368 e. The number of hydrogen-bond acceptors (Lipinski definition) is 7. The fourth-order valence-electron chi connectivity index (χ4n) is 5.11. The molecule has 0 radical (unpaired) electrons. The number of carbonyl (C=O) groups excluding carboxylic acids is 1. The maximum Gasteiger partial charge on any atom is 0.270 e. The molecule has 0 spiro atoms. The molecule has 0 unspecified atom stereocenters. The van der Waals surface area contributed by atoms with Gasteiger partial charge in [0.05, 0.1) is 4.91 Å². The summed E-state index contributed by atoms with van der Waals surface area (Å²) in [5, 5.41) is 9.84. The zero-order chi connectivity index (χ0) is 27.2. The summed E-state index contributed by atoms with van der Waals surface area (Å²) in [6.45, 7) is 9.99. The van der Waals surface area contributed by atoms with Gasteiger partial charge in [-0.1, -0.05) is 68.4 Å². The van der Waals surface area contributed by atoms with Crippen molar-refractivity contribution in [2.24, 2.45) is 0 Å². The van der Waals surface area contributed by atoms with Crippen molar-refractivity contribution in [2.75, 3.05) is 42.5 Å². The summed E-state index contributed by atoms with van der Waals surface area (Å²) in [6.07, 6.45) is 6.11. The lowest BCUT2D eigenvalue weighted by molar-refractivity contribution is -0.122. The number of para-hydroxylation sites is 1. The normalized spacial score (nSPS) is 17.0. The number of hydrogen-bond donors (Lipinski definition) is 0. The van der Waals surface area contributed by atoms with Gasteiger partial charge in [0.15, 0.2) is 0 Å². The first kappa shape index (κ1) is 27.9. The number of aromatic nitrogens is 1. The Labute approximate surface area is 234 Å². The number of carbonyl (C=O) groups is 1. The van der Waals surface area contributed by atoms with Crippen LogP contribution in [0.2, 0.25) is 0 Å².